The second-order valence-electron chi connectivity index (χ2n) is 5.26. The first kappa shape index (κ1) is 10.0. The maximum absolute atomic E-state index is 8.74. The molecule has 3 nitrogen and oxygen atoms in total. The zero-order valence-electron chi connectivity index (χ0n) is 9.20. The van der Waals surface area contributed by atoms with Crippen molar-refractivity contribution in [3.63, 3.8) is 0 Å². The minimum absolute atomic E-state index is 0.143. The molecule has 1 saturated heterocycles. The summed E-state index contributed by atoms with van der Waals surface area (Å²) < 4.78 is 11.7. The van der Waals surface area contributed by atoms with Crippen molar-refractivity contribution in [1.29, 1.82) is 5.26 Å². The van der Waals surface area contributed by atoms with Gasteiger partial charge in [-0.1, -0.05) is 0 Å². The van der Waals surface area contributed by atoms with Crippen LogP contribution in [0, 0.1) is 17.2 Å². The lowest BCUT2D eigenvalue weighted by Crippen LogP contribution is -2.41. The first-order valence-corrected chi connectivity index (χ1v) is 5.13. The molecule has 2 aliphatic rings. The molecule has 1 aliphatic carbocycles. The van der Waals surface area contributed by atoms with Gasteiger partial charge in [0.15, 0.2) is 0 Å². The van der Waals surface area contributed by atoms with E-state index in [9.17, 15) is 0 Å². The van der Waals surface area contributed by atoms with Crippen molar-refractivity contribution in [2.75, 3.05) is 0 Å². The molecule has 76 valence electrons. The fourth-order valence-corrected chi connectivity index (χ4v) is 1.73. The summed E-state index contributed by atoms with van der Waals surface area (Å²) in [5.74, 6) is 0.436. The van der Waals surface area contributed by atoms with E-state index >= 15 is 0 Å². The van der Waals surface area contributed by atoms with Gasteiger partial charge < -0.3 is 9.31 Å². The van der Waals surface area contributed by atoms with Crippen LogP contribution in [0.1, 0.15) is 34.1 Å². The summed E-state index contributed by atoms with van der Waals surface area (Å²) in [5.41, 5.74) is -0.527. The molecule has 0 spiro atoms. The number of nitrogens with zero attached hydrogens (tertiary/aromatic N) is 1. The molecule has 0 N–H and O–H groups in total. The average molecular weight is 193 g/mol. The molecule has 0 aromatic heterocycles. The van der Waals surface area contributed by atoms with Gasteiger partial charge in [0.1, 0.15) is 0 Å². The largest absolute Gasteiger partial charge is 0.462 e. The summed E-state index contributed by atoms with van der Waals surface area (Å²) in [5, 5.41) is 8.74. The summed E-state index contributed by atoms with van der Waals surface area (Å²) in [7, 11) is -0.176. The van der Waals surface area contributed by atoms with Crippen LogP contribution in [0.4, 0.5) is 0 Å². The van der Waals surface area contributed by atoms with Gasteiger partial charge in [0.05, 0.1) is 17.3 Å². The molecule has 0 radical (unpaired) electrons. The molecule has 2 rings (SSSR count). The van der Waals surface area contributed by atoms with E-state index in [1.165, 1.54) is 0 Å². The van der Waals surface area contributed by atoms with Crippen LogP contribution in [0.2, 0.25) is 5.82 Å². The molecule has 4 heteroatoms. The van der Waals surface area contributed by atoms with Gasteiger partial charge in [-0.15, -0.1) is 0 Å². The van der Waals surface area contributed by atoms with Crippen LogP contribution in [-0.4, -0.2) is 18.3 Å². The van der Waals surface area contributed by atoms with E-state index in [0.29, 0.717) is 5.82 Å². The summed E-state index contributed by atoms with van der Waals surface area (Å²) in [6.07, 6.45) is 0.924. The van der Waals surface area contributed by atoms with Crippen molar-refractivity contribution in [2.45, 2.75) is 51.1 Å². The number of hydrogen-bond donors (Lipinski definition) is 0. The van der Waals surface area contributed by atoms with E-state index in [4.69, 9.17) is 14.6 Å². The molecule has 0 amide bonds. The monoisotopic (exact) mass is 193 g/mol. The standard InChI is InChI=1S/C10H16BNO2/c1-9(2)10(3,4)14-11(13-9)8-5-7(8)6-12/h7-8H,5H2,1-4H3/t7-,8-/m0/s1. The Morgan fingerprint density at radius 2 is 1.71 bits per heavy atom. The third kappa shape index (κ3) is 1.36. The third-order valence-electron chi connectivity index (χ3n) is 3.63. The quantitative estimate of drug-likeness (QED) is 0.598. The smallest absolute Gasteiger partial charge is 0.403 e. The Bertz CT molecular complexity index is 279. The predicted molar refractivity (Wildman–Crippen MR) is 53.6 cm³/mol. The van der Waals surface area contributed by atoms with Crippen LogP contribution in [0.5, 0.6) is 0 Å². The Balaban J connectivity index is 2.05. The van der Waals surface area contributed by atoms with Crippen LogP contribution in [0.3, 0.4) is 0 Å². The summed E-state index contributed by atoms with van der Waals surface area (Å²) >= 11 is 0. The van der Waals surface area contributed by atoms with E-state index in [1.807, 2.05) is 27.7 Å². The van der Waals surface area contributed by atoms with Crippen LogP contribution in [0.25, 0.3) is 0 Å². The molecule has 2 fully saturated rings. The van der Waals surface area contributed by atoms with Crippen molar-refractivity contribution in [1.82, 2.24) is 0 Å². The summed E-state index contributed by atoms with van der Waals surface area (Å²) in [6, 6.07) is 2.26. The Kier molecular flexibility index (Phi) is 1.96. The van der Waals surface area contributed by atoms with Gasteiger partial charge in [-0.3, -0.25) is 0 Å². The molecule has 0 bridgehead atoms. The molecule has 0 aromatic carbocycles. The Morgan fingerprint density at radius 1 is 1.21 bits per heavy atom. The minimum Gasteiger partial charge on any atom is -0.403 e. The second-order valence-corrected chi connectivity index (χ2v) is 5.26. The molecule has 14 heavy (non-hydrogen) atoms. The highest BCUT2D eigenvalue weighted by Crippen LogP contribution is 2.52. The SMILES string of the molecule is CC1(C)OB([C@H]2C[C@H]2C#N)OC1(C)C. The Labute approximate surface area is 85.5 Å². The Morgan fingerprint density at radius 3 is 2.07 bits per heavy atom. The van der Waals surface area contributed by atoms with Crippen LogP contribution < -0.4 is 0 Å². The van der Waals surface area contributed by atoms with E-state index in [1.54, 1.807) is 0 Å². The van der Waals surface area contributed by atoms with Crippen molar-refractivity contribution in [2.24, 2.45) is 5.92 Å². The average Bonchev–Trinajstić information content (AvgIpc) is 2.75. The number of nitriles is 1. The van der Waals surface area contributed by atoms with E-state index in [-0.39, 0.29) is 24.2 Å². The third-order valence-corrected chi connectivity index (χ3v) is 3.63. The normalized spacial score (nSPS) is 38.1. The molecular formula is C10H16BNO2. The lowest BCUT2D eigenvalue weighted by molar-refractivity contribution is 0.00578. The van der Waals surface area contributed by atoms with Gasteiger partial charge in [0, 0.05) is 11.7 Å². The molecular weight excluding hydrogens is 177 g/mol. The molecule has 1 aliphatic heterocycles. The topological polar surface area (TPSA) is 42.2 Å². The Hall–Kier alpha value is -0.525. The van der Waals surface area contributed by atoms with Crippen LogP contribution in [-0.2, 0) is 9.31 Å². The second kappa shape index (κ2) is 2.74. The highest BCUT2D eigenvalue weighted by Gasteiger charge is 2.59. The fourth-order valence-electron chi connectivity index (χ4n) is 1.73. The number of hydrogen-bond acceptors (Lipinski definition) is 3. The molecule has 1 saturated carbocycles. The molecule has 2 atom stereocenters. The van der Waals surface area contributed by atoms with Gasteiger partial charge in [0.2, 0.25) is 0 Å². The van der Waals surface area contributed by atoms with Crippen molar-refractivity contribution in [3.05, 3.63) is 0 Å². The highest BCUT2D eigenvalue weighted by atomic mass is 16.7. The van der Waals surface area contributed by atoms with E-state index in [2.05, 4.69) is 6.07 Å². The molecule has 0 unspecified atom stereocenters. The van der Waals surface area contributed by atoms with Gasteiger partial charge in [-0.25, -0.2) is 0 Å². The molecule has 1 heterocycles. The van der Waals surface area contributed by atoms with Crippen molar-refractivity contribution >= 4 is 7.12 Å². The van der Waals surface area contributed by atoms with Crippen molar-refractivity contribution in [3.8, 4) is 6.07 Å². The van der Waals surface area contributed by atoms with Gasteiger partial charge in [-0.2, -0.15) is 5.26 Å². The first-order chi connectivity index (χ1) is 6.37. The zero-order chi connectivity index (χ0) is 10.6. The van der Waals surface area contributed by atoms with Crippen LogP contribution >= 0.6 is 0 Å². The maximum Gasteiger partial charge on any atom is 0.462 e. The van der Waals surface area contributed by atoms with E-state index < -0.39 is 0 Å². The number of rotatable bonds is 1. The lowest BCUT2D eigenvalue weighted by atomic mass is 9.81. The summed E-state index contributed by atoms with van der Waals surface area (Å²) in [6.45, 7) is 8.15. The first-order valence-electron chi connectivity index (χ1n) is 5.13. The minimum atomic E-state index is -0.264. The van der Waals surface area contributed by atoms with E-state index in [0.717, 1.165) is 6.42 Å². The van der Waals surface area contributed by atoms with Gasteiger partial charge in [-0.05, 0) is 34.1 Å². The zero-order valence-corrected chi connectivity index (χ0v) is 9.20. The van der Waals surface area contributed by atoms with Gasteiger partial charge >= 0.3 is 7.12 Å². The fraction of sp³-hybridized carbons (Fsp3) is 0.900. The molecule has 0 aromatic rings. The predicted octanol–water partition coefficient (Wildman–Crippen LogP) is 1.99. The van der Waals surface area contributed by atoms with Gasteiger partial charge in [0.25, 0.3) is 0 Å². The lowest BCUT2D eigenvalue weighted by Gasteiger charge is -2.32. The summed E-state index contributed by atoms with van der Waals surface area (Å²) in [4.78, 5) is 0. The van der Waals surface area contributed by atoms with Crippen molar-refractivity contribution < 1.29 is 9.31 Å². The van der Waals surface area contributed by atoms with Crippen LogP contribution in [0.15, 0.2) is 0 Å². The highest BCUT2D eigenvalue weighted by molar-refractivity contribution is 6.48. The maximum atomic E-state index is 8.74.